The molecule has 0 spiro atoms. The second-order valence-electron chi connectivity index (χ2n) is 7.63. The first-order valence-corrected chi connectivity index (χ1v) is 8.62. The van der Waals surface area contributed by atoms with Crippen molar-refractivity contribution in [1.82, 2.24) is 10.6 Å². The number of methoxy groups -OCH3 is 1. The van der Waals surface area contributed by atoms with Crippen molar-refractivity contribution in [2.24, 2.45) is 5.41 Å². The average molecular weight is 334 g/mol. The summed E-state index contributed by atoms with van der Waals surface area (Å²) in [6.07, 6.45) is 2.67. The van der Waals surface area contributed by atoms with Crippen molar-refractivity contribution < 1.29 is 14.3 Å². The number of rotatable bonds is 5. The quantitative estimate of drug-likeness (QED) is 0.868. The van der Waals surface area contributed by atoms with Gasteiger partial charge in [0, 0.05) is 6.54 Å². The van der Waals surface area contributed by atoms with Gasteiger partial charge in [0.15, 0.2) is 0 Å². The average Bonchev–Trinajstić information content (AvgIpc) is 2.53. The zero-order chi connectivity index (χ0) is 17.6. The zero-order valence-electron chi connectivity index (χ0n) is 15.3. The number of carbonyl (C=O) groups excluding carboxylic acids is 1. The number of hydrogen-bond acceptors (Lipinski definition) is 4. The predicted octanol–water partition coefficient (Wildman–Crippen LogP) is 3.13. The van der Waals surface area contributed by atoms with E-state index >= 15 is 0 Å². The highest BCUT2D eigenvalue weighted by atomic mass is 16.6. The van der Waals surface area contributed by atoms with E-state index in [9.17, 15) is 4.79 Å². The number of benzene rings is 1. The lowest BCUT2D eigenvalue weighted by atomic mass is 9.74. The molecule has 1 heterocycles. The van der Waals surface area contributed by atoms with Crippen molar-refractivity contribution in [2.45, 2.75) is 45.6 Å². The molecule has 0 saturated carbocycles. The molecule has 0 aromatic heterocycles. The highest BCUT2D eigenvalue weighted by Crippen LogP contribution is 2.33. The van der Waals surface area contributed by atoms with E-state index in [1.54, 1.807) is 7.11 Å². The molecule has 1 fully saturated rings. The van der Waals surface area contributed by atoms with E-state index < -0.39 is 5.60 Å². The van der Waals surface area contributed by atoms with Gasteiger partial charge in [-0.15, -0.1) is 0 Å². The molecule has 1 amide bonds. The Hall–Kier alpha value is -1.75. The summed E-state index contributed by atoms with van der Waals surface area (Å²) in [6.45, 7) is 8.23. The van der Waals surface area contributed by atoms with Gasteiger partial charge < -0.3 is 20.1 Å². The Bertz CT molecular complexity index is 529. The predicted molar refractivity (Wildman–Crippen MR) is 95.5 cm³/mol. The fraction of sp³-hybridized carbons (Fsp3) is 0.632. The van der Waals surface area contributed by atoms with Crippen LogP contribution in [0.2, 0.25) is 0 Å². The van der Waals surface area contributed by atoms with Gasteiger partial charge in [-0.3, -0.25) is 0 Å². The van der Waals surface area contributed by atoms with E-state index in [2.05, 4.69) is 22.8 Å². The molecule has 2 rings (SSSR count). The lowest BCUT2D eigenvalue weighted by Crippen LogP contribution is -2.46. The summed E-state index contributed by atoms with van der Waals surface area (Å²) in [5.74, 6) is 0.866. The molecule has 1 aliphatic rings. The van der Waals surface area contributed by atoms with Gasteiger partial charge in [0.05, 0.1) is 7.11 Å². The van der Waals surface area contributed by atoms with Gasteiger partial charge in [0.1, 0.15) is 11.4 Å². The molecule has 0 aliphatic carbocycles. The minimum Gasteiger partial charge on any atom is -0.497 e. The molecule has 24 heavy (non-hydrogen) atoms. The summed E-state index contributed by atoms with van der Waals surface area (Å²) < 4.78 is 10.6. The second kappa shape index (κ2) is 7.88. The third-order valence-electron chi connectivity index (χ3n) is 4.41. The number of alkyl carbamates (subject to hydrolysis) is 1. The van der Waals surface area contributed by atoms with Gasteiger partial charge in [-0.05, 0) is 76.2 Å². The number of piperidine rings is 1. The van der Waals surface area contributed by atoms with Crippen LogP contribution in [-0.2, 0) is 11.2 Å². The van der Waals surface area contributed by atoms with Gasteiger partial charge in [-0.2, -0.15) is 0 Å². The van der Waals surface area contributed by atoms with E-state index in [0.717, 1.165) is 38.1 Å². The van der Waals surface area contributed by atoms with Crippen molar-refractivity contribution in [1.29, 1.82) is 0 Å². The number of ether oxygens (including phenoxy) is 2. The van der Waals surface area contributed by atoms with Crippen molar-refractivity contribution >= 4 is 6.09 Å². The Morgan fingerprint density at radius 2 is 1.83 bits per heavy atom. The molecule has 1 aliphatic heterocycles. The minimum atomic E-state index is -0.471. The monoisotopic (exact) mass is 334 g/mol. The van der Waals surface area contributed by atoms with E-state index in [1.165, 1.54) is 5.56 Å². The molecule has 2 N–H and O–H groups in total. The van der Waals surface area contributed by atoms with Crippen LogP contribution in [0.3, 0.4) is 0 Å². The molecule has 1 aromatic carbocycles. The van der Waals surface area contributed by atoms with E-state index in [1.807, 2.05) is 32.9 Å². The van der Waals surface area contributed by atoms with Crippen LogP contribution in [0, 0.1) is 5.41 Å². The number of hydrogen-bond donors (Lipinski definition) is 2. The largest absolute Gasteiger partial charge is 0.497 e. The highest BCUT2D eigenvalue weighted by molar-refractivity contribution is 5.67. The summed E-state index contributed by atoms with van der Waals surface area (Å²) >= 11 is 0. The number of nitrogens with one attached hydrogen (secondary N) is 2. The lowest BCUT2D eigenvalue weighted by molar-refractivity contribution is 0.0485. The molecule has 0 unspecified atom stereocenters. The summed E-state index contributed by atoms with van der Waals surface area (Å²) in [6, 6.07) is 8.20. The minimum absolute atomic E-state index is 0.0662. The van der Waals surface area contributed by atoms with Gasteiger partial charge >= 0.3 is 6.09 Å². The first-order valence-electron chi connectivity index (χ1n) is 8.62. The van der Waals surface area contributed by atoms with Crippen LogP contribution >= 0.6 is 0 Å². The van der Waals surface area contributed by atoms with E-state index in [0.29, 0.717) is 6.54 Å². The Labute approximate surface area is 145 Å². The SMILES string of the molecule is COc1ccc(CC2(CNC(=O)OC(C)(C)C)CCNCC2)cc1. The molecule has 1 saturated heterocycles. The maximum atomic E-state index is 12.0. The van der Waals surface area contributed by atoms with Crippen LogP contribution in [0.25, 0.3) is 0 Å². The van der Waals surface area contributed by atoms with Crippen LogP contribution < -0.4 is 15.4 Å². The van der Waals surface area contributed by atoms with Crippen LogP contribution in [-0.4, -0.2) is 38.4 Å². The summed E-state index contributed by atoms with van der Waals surface area (Å²) in [4.78, 5) is 12.0. The van der Waals surface area contributed by atoms with Gasteiger partial charge in [0.25, 0.3) is 0 Å². The zero-order valence-corrected chi connectivity index (χ0v) is 15.3. The van der Waals surface area contributed by atoms with Crippen LogP contribution in [0.1, 0.15) is 39.2 Å². The second-order valence-corrected chi connectivity index (χ2v) is 7.63. The van der Waals surface area contributed by atoms with Gasteiger partial charge in [-0.1, -0.05) is 12.1 Å². The maximum absolute atomic E-state index is 12.0. The van der Waals surface area contributed by atoms with E-state index in [-0.39, 0.29) is 11.5 Å². The third-order valence-corrected chi connectivity index (χ3v) is 4.41. The topological polar surface area (TPSA) is 59.6 Å². The summed E-state index contributed by atoms with van der Waals surface area (Å²) in [7, 11) is 1.67. The smallest absolute Gasteiger partial charge is 0.407 e. The van der Waals surface area contributed by atoms with Crippen LogP contribution in [0.15, 0.2) is 24.3 Å². The van der Waals surface area contributed by atoms with Crippen molar-refractivity contribution in [3.05, 3.63) is 29.8 Å². The lowest BCUT2D eigenvalue weighted by Gasteiger charge is -2.38. The van der Waals surface area contributed by atoms with Crippen molar-refractivity contribution in [3.8, 4) is 5.75 Å². The maximum Gasteiger partial charge on any atom is 0.407 e. The van der Waals surface area contributed by atoms with Gasteiger partial charge in [0.2, 0.25) is 0 Å². The highest BCUT2D eigenvalue weighted by Gasteiger charge is 2.33. The van der Waals surface area contributed by atoms with E-state index in [4.69, 9.17) is 9.47 Å². The molecular weight excluding hydrogens is 304 g/mol. The first kappa shape index (κ1) is 18.6. The Balaban J connectivity index is 2.01. The van der Waals surface area contributed by atoms with Gasteiger partial charge in [-0.25, -0.2) is 4.79 Å². The first-order chi connectivity index (χ1) is 11.3. The van der Waals surface area contributed by atoms with Crippen molar-refractivity contribution in [3.63, 3.8) is 0 Å². The molecule has 0 bridgehead atoms. The molecule has 134 valence electrons. The fourth-order valence-electron chi connectivity index (χ4n) is 3.12. The van der Waals surface area contributed by atoms with Crippen LogP contribution in [0.4, 0.5) is 4.79 Å². The normalized spacial score (nSPS) is 17.2. The molecule has 1 aromatic rings. The number of carbonyl (C=O) groups is 1. The number of amides is 1. The molecule has 0 atom stereocenters. The van der Waals surface area contributed by atoms with Crippen molar-refractivity contribution in [2.75, 3.05) is 26.7 Å². The van der Waals surface area contributed by atoms with Crippen LogP contribution in [0.5, 0.6) is 5.75 Å². The standard InChI is InChI=1S/C19H30N2O3/c1-18(2,3)24-17(22)21-14-19(9-11-20-12-10-19)13-15-5-7-16(23-4)8-6-15/h5-8,20H,9-14H2,1-4H3,(H,21,22). The molecule has 5 nitrogen and oxygen atoms in total. The Morgan fingerprint density at radius 3 is 2.38 bits per heavy atom. The molecular formula is C19H30N2O3. The Morgan fingerprint density at radius 1 is 1.21 bits per heavy atom. The summed E-state index contributed by atoms with van der Waals surface area (Å²) in [5.41, 5.74) is 0.863. The summed E-state index contributed by atoms with van der Waals surface area (Å²) in [5, 5.41) is 6.38. The third kappa shape index (κ3) is 5.71. The Kier molecular flexibility index (Phi) is 6.10. The molecule has 5 heteroatoms. The fourth-order valence-corrected chi connectivity index (χ4v) is 3.12. The molecule has 0 radical (unpaired) electrons.